The van der Waals surface area contributed by atoms with Crippen molar-refractivity contribution in [3.8, 4) is 0 Å². The number of hydrogen-bond acceptors (Lipinski definition) is 2. The third-order valence-corrected chi connectivity index (χ3v) is 1.17. The largest absolute Gasteiger partial charge is 0.416 e. The molecule has 0 saturated carbocycles. The summed E-state index contributed by atoms with van der Waals surface area (Å²) in [6, 6.07) is -2.05. The number of hydrogen-bond donors (Lipinski definition) is 0. The van der Waals surface area contributed by atoms with Gasteiger partial charge in [-0.25, -0.2) is 4.39 Å². The van der Waals surface area contributed by atoms with Crippen LogP contribution in [0.3, 0.4) is 0 Å². The minimum Gasteiger partial charge on any atom is -0.399 e. The summed E-state index contributed by atoms with van der Waals surface area (Å²) in [5, 5.41) is 0. The Bertz CT molecular complexity index is 313. The van der Waals surface area contributed by atoms with Crippen molar-refractivity contribution < 1.29 is 31.5 Å². The van der Waals surface area contributed by atoms with Crippen LogP contribution in [0.15, 0.2) is 36.1 Å². The van der Waals surface area contributed by atoms with Crippen LogP contribution in [-0.2, 0) is 9.53 Å². The molecule has 0 heterocycles. The van der Waals surface area contributed by atoms with E-state index in [1.54, 1.807) is 0 Å². The first kappa shape index (κ1) is 13.3. The van der Waals surface area contributed by atoms with Gasteiger partial charge in [-0.1, -0.05) is 12.7 Å². The molecule has 2 nitrogen and oxygen atoms in total. The molecule has 0 aromatic heterocycles. The van der Waals surface area contributed by atoms with Crippen molar-refractivity contribution in [2.24, 2.45) is 0 Å². The van der Waals surface area contributed by atoms with Crippen molar-refractivity contribution >= 4 is 6.47 Å². The summed E-state index contributed by atoms with van der Waals surface area (Å²) in [5.41, 5.74) is -1.50. The first-order valence-corrected chi connectivity index (χ1v) is 3.39. The van der Waals surface area contributed by atoms with Crippen LogP contribution >= 0.6 is 0 Å². The van der Waals surface area contributed by atoms with Crippen LogP contribution in [0, 0.1) is 0 Å². The third kappa shape index (κ3) is 4.39. The lowest BCUT2D eigenvalue weighted by Gasteiger charge is -2.05. The van der Waals surface area contributed by atoms with Crippen LogP contribution < -0.4 is 0 Å². The summed E-state index contributed by atoms with van der Waals surface area (Å²) < 4.78 is 64.1. The molecule has 0 N–H and O–H groups in total. The molecular formula is C8H5F5O2. The summed E-state index contributed by atoms with van der Waals surface area (Å²) >= 11 is 0. The van der Waals surface area contributed by atoms with E-state index in [4.69, 9.17) is 0 Å². The number of allylic oxidation sites excluding steroid dienone is 4. The Morgan fingerprint density at radius 3 is 2.13 bits per heavy atom. The molecular weight excluding hydrogens is 223 g/mol. The van der Waals surface area contributed by atoms with Crippen LogP contribution in [0.4, 0.5) is 22.0 Å². The van der Waals surface area contributed by atoms with Crippen molar-refractivity contribution in [3.05, 3.63) is 36.1 Å². The predicted octanol–water partition coefficient (Wildman–Crippen LogP) is 2.94. The Labute approximate surface area is 81.3 Å². The summed E-state index contributed by atoms with van der Waals surface area (Å²) in [7, 11) is 0. The lowest BCUT2D eigenvalue weighted by atomic mass is 10.2. The second-order valence-electron chi connectivity index (χ2n) is 2.14. The van der Waals surface area contributed by atoms with E-state index in [-0.39, 0.29) is 6.08 Å². The highest BCUT2D eigenvalue weighted by atomic mass is 19.4. The van der Waals surface area contributed by atoms with Gasteiger partial charge in [0.15, 0.2) is 5.83 Å². The smallest absolute Gasteiger partial charge is 0.399 e. The van der Waals surface area contributed by atoms with E-state index >= 15 is 0 Å². The maximum atomic E-state index is 12.5. The van der Waals surface area contributed by atoms with Gasteiger partial charge in [-0.15, -0.1) is 0 Å². The minimum atomic E-state index is -4.86. The molecule has 7 heteroatoms. The molecule has 0 aromatic carbocycles. The highest BCUT2D eigenvalue weighted by Crippen LogP contribution is 2.28. The van der Waals surface area contributed by atoms with Crippen LogP contribution in [0.2, 0.25) is 0 Å². The highest BCUT2D eigenvalue weighted by Gasteiger charge is 2.32. The number of alkyl halides is 3. The van der Waals surface area contributed by atoms with Crippen molar-refractivity contribution in [1.29, 1.82) is 0 Å². The van der Waals surface area contributed by atoms with Crippen LogP contribution in [0.5, 0.6) is 0 Å². The Hall–Kier alpha value is -1.66. The first-order chi connectivity index (χ1) is 6.82. The molecule has 0 fully saturated rings. The van der Waals surface area contributed by atoms with Gasteiger partial charge >= 0.3 is 12.2 Å². The molecule has 0 aliphatic heterocycles. The van der Waals surface area contributed by atoms with Crippen molar-refractivity contribution in [2.75, 3.05) is 0 Å². The van der Waals surface area contributed by atoms with Gasteiger partial charge < -0.3 is 4.74 Å². The number of halogens is 5. The van der Waals surface area contributed by atoms with E-state index in [1.165, 1.54) is 0 Å². The van der Waals surface area contributed by atoms with Gasteiger partial charge in [0.25, 0.3) is 6.47 Å². The van der Waals surface area contributed by atoms with E-state index in [0.717, 1.165) is 0 Å². The molecule has 0 saturated heterocycles. The minimum absolute atomic E-state index is 0.175. The number of carbonyl (C=O) groups excluding carboxylic acids is 1. The molecule has 0 atom stereocenters. The second kappa shape index (κ2) is 5.28. The average molecular weight is 228 g/mol. The monoisotopic (exact) mass is 228 g/mol. The zero-order chi connectivity index (χ0) is 12.1. The first-order valence-electron chi connectivity index (χ1n) is 3.39. The average Bonchev–Trinajstić information content (AvgIpc) is 2.12. The standard InChI is InChI=1S/C8H5F5O2/c1-2-5(8(11,12)13)3-6(9)7(10)15-4-14/h2-4H,1H2/b5-3+,7-6-. The van der Waals surface area contributed by atoms with Gasteiger partial charge in [-0.05, 0) is 6.08 Å². The fourth-order valence-electron chi connectivity index (χ4n) is 0.548. The summed E-state index contributed by atoms with van der Waals surface area (Å²) in [6.45, 7) is 2.32. The van der Waals surface area contributed by atoms with Crippen LogP contribution in [0.1, 0.15) is 0 Å². The Morgan fingerprint density at radius 2 is 1.80 bits per heavy atom. The quantitative estimate of drug-likeness (QED) is 0.320. The lowest BCUT2D eigenvalue weighted by molar-refractivity contribution is -0.127. The highest BCUT2D eigenvalue weighted by molar-refractivity contribution is 5.40. The fourth-order valence-corrected chi connectivity index (χ4v) is 0.548. The van der Waals surface area contributed by atoms with Crippen LogP contribution in [-0.4, -0.2) is 12.6 Å². The van der Waals surface area contributed by atoms with Gasteiger partial charge in [-0.2, -0.15) is 17.6 Å². The summed E-state index contributed by atoms with van der Waals surface area (Å²) in [5.74, 6) is -1.95. The van der Waals surface area contributed by atoms with E-state index in [2.05, 4.69) is 11.3 Å². The van der Waals surface area contributed by atoms with E-state index < -0.39 is 30.1 Å². The van der Waals surface area contributed by atoms with Gasteiger partial charge in [0.1, 0.15) is 0 Å². The lowest BCUT2D eigenvalue weighted by Crippen LogP contribution is -2.09. The molecule has 0 aliphatic rings. The number of ether oxygens (including phenoxy) is 1. The van der Waals surface area contributed by atoms with Crippen molar-refractivity contribution in [2.45, 2.75) is 6.18 Å². The predicted molar refractivity (Wildman–Crippen MR) is 40.7 cm³/mol. The fraction of sp³-hybridized carbons (Fsp3) is 0.125. The van der Waals surface area contributed by atoms with Gasteiger partial charge in [-0.3, -0.25) is 4.79 Å². The zero-order valence-corrected chi connectivity index (χ0v) is 7.15. The van der Waals surface area contributed by atoms with Crippen molar-refractivity contribution in [1.82, 2.24) is 0 Å². The Kier molecular flexibility index (Phi) is 4.69. The molecule has 0 aliphatic carbocycles. The van der Waals surface area contributed by atoms with E-state index in [0.29, 0.717) is 6.08 Å². The number of rotatable bonds is 4. The molecule has 0 bridgehead atoms. The van der Waals surface area contributed by atoms with Crippen LogP contribution in [0.25, 0.3) is 0 Å². The molecule has 0 unspecified atom stereocenters. The second-order valence-corrected chi connectivity index (χ2v) is 2.14. The number of carbonyl (C=O) groups is 1. The topological polar surface area (TPSA) is 26.3 Å². The molecule has 0 aromatic rings. The van der Waals surface area contributed by atoms with Gasteiger partial charge in [0.05, 0.1) is 5.57 Å². The van der Waals surface area contributed by atoms with E-state index in [1.807, 2.05) is 0 Å². The third-order valence-electron chi connectivity index (χ3n) is 1.17. The molecule has 15 heavy (non-hydrogen) atoms. The molecule has 0 radical (unpaired) electrons. The van der Waals surface area contributed by atoms with Crippen molar-refractivity contribution in [3.63, 3.8) is 0 Å². The molecule has 0 amide bonds. The zero-order valence-electron chi connectivity index (χ0n) is 7.15. The van der Waals surface area contributed by atoms with Gasteiger partial charge in [0.2, 0.25) is 0 Å². The maximum Gasteiger partial charge on any atom is 0.416 e. The maximum absolute atomic E-state index is 12.5. The Morgan fingerprint density at radius 1 is 1.27 bits per heavy atom. The SMILES string of the molecule is C=C/C(=C\C(F)=C(/F)OC=O)C(F)(F)F. The molecule has 84 valence electrons. The Balaban J connectivity index is 5.09. The normalized spacial score (nSPS) is 14.3. The molecule has 0 rings (SSSR count). The van der Waals surface area contributed by atoms with Gasteiger partial charge in [0, 0.05) is 0 Å². The summed E-state index contributed by atoms with van der Waals surface area (Å²) in [4.78, 5) is 9.55. The van der Waals surface area contributed by atoms with E-state index in [9.17, 15) is 26.7 Å². The summed E-state index contributed by atoms with van der Waals surface area (Å²) in [6.07, 6.45) is -4.74. The molecule has 0 spiro atoms.